The first-order chi connectivity index (χ1) is 2.41. The van der Waals surface area contributed by atoms with Gasteiger partial charge in [0, 0.05) is 262 Å². The maximum absolute atomic E-state index is 3.25. The summed E-state index contributed by atoms with van der Waals surface area (Å²) in [6.07, 6.45) is 2.00. The van der Waals surface area contributed by atoms with Gasteiger partial charge >= 0.3 is 0 Å². The van der Waals surface area contributed by atoms with E-state index in [2.05, 4.69) is 6.92 Å². The van der Waals surface area contributed by atoms with Crippen molar-refractivity contribution in [3.8, 4) is 0 Å². The Morgan fingerprint density at radius 3 is 0.400 bits per heavy atom. The summed E-state index contributed by atoms with van der Waals surface area (Å²) in [7, 11) is 0. The molecule has 0 unspecified atom stereocenters. The molecule has 0 saturated heterocycles. The smallest absolute Gasteiger partial charge is 0 e. The van der Waals surface area contributed by atoms with Gasteiger partial charge in [0.1, 0.15) is 0 Å². The second kappa shape index (κ2) is 207. The zero-order valence-electron chi connectivity index (χ0n) is 15.9. The average Bonchev–Trinajstić information content (AvgIpc) is 1.46. The van der Waals surface area contributed by atoms with Gasteiger partial charge in [0.25, 0.3) is 0 Å². The number of rotatable bonds is 0. The molecule has 0 fully saturated rings. The Labute approximate surface area is 338 Å². The van der Waals surface area contributed by atoms with E-state index in [-0.39, 0.29) is 314 Å². The third-order valence-corrected chi connectivity index (χ3v) is 0. The molecule has 0 saturated carbocycles. The zero-order chi connectivity index (χ0) is 4.71. The van der Waals surface area contributed by atoms with Gasteiger partial charge in [-0.3, -0.25) is 0 Å². The molecule has 0 aromatic heterocycles. The van der Waals surface area contributed by atoms with Gasteiger partial charge in [0.2, 0.25) is 0 Å². The van der Waals surface area contributed by atoms with Gasteiger partial charge in [-0.1, -0.05) is 0 Å². The van der Waals surface area contributed by atoms with E-state index >= 15 is 0 Å². The fourth-order valence-corrected chi connectivity index (χ4v) is 0. The van der Waals surface area contributed by atoms with E-state index in [0.717, 1.165) is 0 Å². The molecule has 0 nitrogen and oxygen atoms in total. The quantitative estimate of drug-likeness (QED) is 0.294. The summed E-state index contributed by atoms with van der Waals surface area (Å²) in [6, 6.07) is 0. The first kappa shape index (κ1) is 160. The standard InChI is InChI=1S/C3H7.C2H5.7CH3.8Y/c1-3-2;1-2;;;;;;;;;;;;;;;/h3H,1-2H3;1H2,2H3;7*1H3;;;;;;;;/q9*-1;;;;;;;;. The number of hydrogen-bond donors (Lipinski definition) is 0. The summed E-state index contributed by atoms with van der Waals surface area (Å²) in [6.45, 7) is 9.00. The third kappa shape index (κ3) is 230. The van der Waals surface area contributed by atoms with E-state index in [1.54, 1.807) is 6.92 Å². The van der Waals surface area contributed by atoms with Crippen LogP contribution < -0.4 is 0 Å². The molecule has 0 aliphatic rings. The SMILES string of the molecule is C[CH-]C.[CH2-]C.[CH3-].[CH3-].[CH3-].[CH3-].[CH3-].[CH3-].[CH3-].[Y].[Y].[Y].[Y].[Y].[Y].[Y].[Y]. The normalized spacial score (nSPS) is 1.20. The van der Waals surface area contributed by atoms with Gasteiger partial charge in [-0.25, -0.2) is 0 Å². The molecule has 0 atom stereocenters. The van der Waals surface area contributed by atoms with Crippen molar-refractivity contribution in [3.05, 3.63) is 65.3 Å². The Morgan fingerprint density at radius 2 is 0.400 bits per heavy atom. The minimum atomic E-state index is 0. The van der Waals surface area contributed by atoms with Gasteiger partial charge in [0.05, 0.1) is 0 Å². The Kier molecular flexibility index (Phi) is 1650. The summed E-state index contributed by atoms with van der Waals surface area (Å²) in [5, 5.41) is 0. The molecule has 0 aliphatic carbocycles. The minimum Gasteiger partial charge on any atom is -0.358 e. The Morgan fingerprint density at radius 1 is 0.400 bits per heavy atom. The van der Waals surface area contributed by atoms with Crippen LogP contribution in [0.5, 0.6) is 0 Å². The van der Waals surface area contributed by atoms with Crippen LogP contribution in [0.25, 0.3) is 0 Å². The van der Waals surface area contributed by atoms with Crippen molar-refractivity contribution in [2.24, 2.45) is 0 Å². The average molecular weight is 889 g/mol. The molecule has 0 heterocycles. The third-order valence-electron chi connectivity index (χ3n) is 0. The first-order valence-corrected chi connectivity index (χ1v) is 1.86. The molecule has 0 spiro atoms. The second-order valence-electron chi connectivity index (χ2n) is 0.577. The van der Waals surface area contributed by atoms with Crippen LogP contribution in [-0.2, 0) is 262 Å². The zero-order valence-corrected chi connectivity index (χ0v) is 38.6. The maximum atomic E-state index is 3.25. The maximum Gasteiger partial charge on any atom is 0 e. The Hall–Kier alpha value is 8.83. The van der Waals surface area contributed by atoms with Gasteiger partial charge in [0.15, 0.2) is 0 Å². The summed E-state index contributed by atoms with van der Waals surface area (Å²) in [5.41, 5.74) is 0. The van der Waals surface area contributed by atoms with Crippen molar-refractivity contribution in [1.82, 2.24) is 0 Å². The van der Waals surface area contributed by atoms with Crippen molar-refractivity contribution in [1.29, 1.82) is 0 Å². The summed E-state index contributed by atoms with van der Waals surface area (Å²) in [5.74, 6) is 0. The molecular weight excluding hydrogens is 855 g/mol. The summed E-state index contributed by atoms with van der Waals surface area (Å²) >= 11 is 0. The van der Waals surface area contributed by atoms with Crippen molar-refractivity contribution >= 4 is 0 Å². The monoisotopic (exact) mass is 889 g/mol. The van der Waals surface area contributed by atoms with Gasteiger partial charge in [-0.05, 0) is 0 Å². The van der Waals surface area contributed by atoms with Crippen LogP contribution in [0.3, 0.4) is 0 Å². The van der Waals surface area contributed by atoms with E-state index < -0.39 is 0 Å². The van der Waals surface area contributed by atoms with Crippen molar-refractivity contribution in [3.63, 3.8) is 0 Å². The molecule has 0 rings (SSSR count). The van der Waals surface area contributed by atoms with Gasteiger partial charge < -0.3 is 65.3 Å². The predicted molar refractivity (Wildman–Crippen MR) is 71.6 cm³/mol. The van der Waals surface area contributed by atoms with Gasteiger partial charge in [-0.2, -0.15) is 20.8 Å². The number of hydrogen-bond acceptors (Lipinski definition) is 0. The topological polar surface area (TPSA) is 0 Å². The summed E-state index contributed by atoms with van der Waals surface area (Å²) < 4.78 is 0. The molecule has 8 heteroatoms. The largest absolute Gasteiger partial charge is 0.358 e. The van der Waals surface area contributed by atoms with Crippen molar-refractivity contribution in [2.45, 2.75) is 20.8 Å². The molecule has 0 aromatic carbocycles. The molecule has 0 amide bonds. The molecule has 0 bridgehead atoms. The molecule has 0 N–H and O–H groups in total. The van der Waals surface area contributed by atoms with E-state index in [1.807, 2.05) is 20.3 Å². The Bertz CT molecular complexity index is 19.4. The molecule has 0 aliphatic heterocycles. The van der Waals surface area contributed by atoms with Crippen LogP contribution in [-0.4, -0.2) is 0 Å². The van der Waals surface area contributed by atoms with Crippen LogP contribution in [0.1, 0.15) is 20.8 Å². The van der Waals surface area contributed by atoms with E-state index in [0.29, 0.717) is 0 Å². The van der Waals surface area contributed by atoms with Gasteiger partial charge in [-0.15, -0.1) is 0 Å². The fraction of sp³-hybridized carbons (Fsp3) is 0.250. The first-order valence-electron chi connectivity index (χ1n) is 1.86. The van der Waals surface area contributed by atoms with Crippen LogP contribution in [0.15, 0.2) is 0 Å². The van der Waals surface area contributed by atoms with Crippen LogP contribution in [0.2, 0.25) is 0 Å². The van der Waals surface area contributed by atoms with Crippen molar-refractivity contribution < 1.29 is 262 Å². The molecule has 20 heavy (non-hydrogen) atoms. The molecule has 114 valence electrons. The fourth-order valence-electron chi connectivity index (χ4n) is 0. The second-order valence-corrected chi connectivity index (χ2v) is 0.577. The minimum absolute atomic E-state index is 0. The van der Waals surface area contributed by atoms with E-state index in [1.165, 1.54) is 0 Å². The predicted octanol–water partition coefficient (Wildman–Crippen LogP) is 5.20. The molecule has 0 aromatic rings. The molecular formula is C12H33Y8-9. The Balaban J connectivity index is -0.000000000346. The molecule has 8 radical (unpaired) electrons. The van der Waals surface area contributed by atoms with Crippen molar-refractivity contribution in [2.75, 3.05) is 0 Å². The van der Waals surface area contributed by atoms with Crippen LogP contribution >= 0.6 is 0 Å². The van der Waals surface area contributed by atoms with E-state index in [4.69, 9.17) is 0 Å². The van der Waals surface area contributed by atoms with Crippen LogP contribution in [0.4, 0.5) is 0 Å². The van der Waals surface area contributed by atoms with E-state index in [9.17, 15) is 0 Å². The van der Waals surface area contributed by atoms with Crippen LogP contribution in [0, 0.1) is 65.3 Å². The summed E-state index contributed by atoms with van der Waals surface area (Å²) in [4.78, 5) is 0.